The molecule has 1 saturated carbocycles. The number of carbonyl (C=O) groups excluding carboxylic acids is 1. The molecule has 80 valence electrons. The zero-order chi connectivity index (χ0) is 10.7. The maximum atomic E-state index is 12.1. The van der Waals surface area contributed by atoms with Crippen LogP contribution in [0.3, 0.4) is 0 Å². The molecule has 1 aromatic rings. The third-order valence-electron chi connectivity index (χ3n) is 2.48. The van der Waals surface area contributed by atoms with E-state index in [2.05, 4.69) is 20.9 Å². The molecule has 0 aromatic carbocycles. The lowest BCUT2D eigenvalue weighted by Crippen LogP contribution is -2.34. The van der Waals surface area contributed by atoms with Crippen molar-refractivity contribution in [3.63, 3.8) is 0 Å². The Morgan fingerprint density at radius 1 is 1.60 bits per heavy atom. The fourth-order valence-electron chi connectivity index (χ4n) is 1.58. The number of nitrogens with zero attached hydrogens (tertiary/aromatic N) is 2. The van der Waals surface area contributed by atoms with Gasteiger partial charge in [-0.15, -0.1) is 0 Å². The van der Waals surface area contributed by atoms with Crippen LogP contribution in [-0.4, -0.2) is 33.7 Å². The van der Waals surface area contributed by atoms with Crippen molar-refractivity contribution in [1.82, 2.24) is 9.88 Å². The standard InChI is InChI=1S/C11H13BrN2O/c12-5-7-14(10-3-4-10)11(15)9-2-1-6-13-8-9/h1-2,6,8,10H,3-5,7H2. The minimum absolute atomic E-state index is 0.102. The lowest BCUT2D eigenvalue weighted by Gasteiger charge is -2.21. The Hall–Kier alpha value is -0.900. The van der Waals surface area contributed by atoms with Gasteiger partial charge in [0.05, 0.1) is 5.56 Å². The average molecular weight is 269 g/mol. The molecule has 0 aliphatic heterocycles. The van der Waals surface area contributed by atoms with E-state index >= 15 is 0 Å². The second-order valence-electron chi connectivity index (χ2n) is 3.66. The average Bonchev–Trinajstić information content (AvgIpc) is 3.10. The molecular formula is C11H13BrN2O. The molecule has 1 heterocycles. The van der Waals surface area contributed by atoms with Crippen LogP contribution in [0, 0.1) is 0 Å². The summed E-state index contributed by atoms with van der Waals surface area (Å²) in [4.78, 5) is 18.0. The largest absolute Gasteiger partial charge is 0.335 e. The van der Waals surface area contributed by atoms with Crippen LogP contribution in [0.25, 0.3) is 0 Å². The molecule has 0 atom stereocenters. The van der Waals surface area contributed by atoms with Crippen molar-refractivity contribution in [3.05, 3.63) is 30.1 Å². The lowest BCUT2D eigenvalue weighted by molar-refractivity contribution is 0.0754. The number of aromatic nitrogens is 1. The number of hydrogen-bond donors (Lipinski definition) is 0. The second-order valence-corrected chi connectivity index (χ2v) is 4.45. The van der Waals surface area contributed by atoms with Crippen molar-refractivity contribution in [1.29, 1.82) is 0 Å². The molecule has 3 nitrogen and oxygen atoms in total. The molecule has 1 aromatic heterocycles. The van der Waals surface area contributed by atoms with Crippen LogP contribution >= 0.6 is 15.9 Å². The Kier molecular flexibility index (Phi) is 3.36. The first-order valence-electron chi connectivity index (χ1n) is 5.10. The van der Waals surface area contributed by atoms with E-state index in [0.717, 1.165) is 24.7 Å². The van der Waals surface area contributed by atoms with Crippen LogP contribution in [0.2, 0.25) is 0 Å². The number of alkyl halides is 1. The van der Waals surface area contributed by atoms with E-state index in [1.807, 2.05) is 11.0 Å². The first-order valence-corrected chi connectivity index (χ1v) is 6.22. The van der Waals surface area contributed by atoms with Gasteiger partial charge in [0.2, 0.25) is 0 Å². The third-order valence-corrected chi connectivity index (χ3v) is 2.84. The summed E-state index contributed by atoms with van der Waals surface area (Å²) in [5, 5.41) is 0.829. The Morgan fingerprint density at radius 3 is 2.93 bits per heavy atom. The fourth-order valence-corrected chi connectivity index (χ4v) is 1.96. The summed E-state index contributed by atoms with van der Waals surface area (Å²) in [5.74, 6) is 0.102. The quantitative estimate of drug-likeness (QED) is 0.784. The molecule has 0 radical (unpaired) electrons. The predicted molar refractivity (Wildman–Crippen MR) is 62.1 cm³/mol. The summed E-state index contributed by atoms with van der Waals surface area (Å²) < 4.78 is 0. The van der Waals surface area contributed by atoms with Crippen molar-refractivity contribution >= 4 is 21.8 Å². The smallest absolute Gasteiger partial charge is 0.255 e. The number of halogens is 1. The predicted octanol–water partition coefficient (Wildman–Crippen LogP) is 2.08. The molecule has 1 aliphatic carbocycles. The van der Waals surface area contributed by atoms with Gasteiger partial charge >= 0.3 is 0 Å². The minimum atomic E-state index is 0.102. The molecule has 0 bridgehead atoms. The van der Waals surface area contributed by atoms with E-state index in [-0.39, 0.29) is 5.91 Å². The summed E-state index contributed by atoms with van der Waals surface area (Å²) in [7, 11) is 0. The minimum Gasteiger partial charge on any atom is -0.335 e. The van der Waals surface area contributed by atoms with E-state index < -0.39 is 0 Å². The summed E-state index contributed by atoms with van der Waals surface area (Å²) in [6, 6.07) is 4.07. The zero-order valence-corrected chi connectivity index (χ0v) is 9.98. The molecule has 1 amide bonds. The van der Waals surface area contributed by atoms with E-state index in [9.17, 15) is 4.79 Å². The van der Waals surface area contributed by atoms with Gasteiger partial charge in [0.15, 0.2) is 0 Å². The van der Waals surface area contributed by atoms with Crippen molar-refractivity contribution < 1.29 is 4.79 Å². The number of pyridine rings is 1. The molecule has 0 spiro atoms. The van der Waals surface area contributed by atoms with Crippen LogP contribution < -0.4 is 0 Å². The van der Waals surface area contributed by atoms with Crippen molar-refractivity contribution in [3.8, 4) is 0 Å². The van der Waals surface area contributed by atoms with Crippen molar-refractivity contribution in [2.24, 2.45) is 0 Å². The first-order chi connectivity index (χ1) is 7.33. The van der Waals surface area contributed by atoms with Crippen LogP contribution in [-0.2, 0) is 0 Å². The van der Waals surface area contributed by atoms with Gasteiger partial charge in [0.1, 0.15) is 0 Å². The summed E-state index contributed by atoms with van der Waals surface area (Å²) in [5.41, 5.74) is 0.686. The Morgan fingerprint density at radius 2 is 2.40 bits per heavy atom. The highest BCUT2D eigenvalue weighted by atomic mass is 79.9. The maximum absolute atomic E-state index is 12.1. The Balaban J connectivity index is 2.10. The number of carbonyl (C=O) groups is 1. The van der Waals surface area contributed by atoms with Crippen LogP contribution in [0.1, 0.15) is 23.2 Å². The van der Waals surface area contributed by atoms with Gasteiger partial charge < -0.3 is 4.90 Å². The normalized spacial score (nSPS) is 15.0. The molecule has 0 unspecified atom stereocenters. The maximum Gasteiger partial charge on any atom is 0.255 e. The molecule has 4 heteroatoms. The molecule has 0 N–H and O–H groups in total. The molecular weight excluding hydrogens is 256 g/mol. The summed E-state index contributed by atoms with van der Waals surface area (Å²) in [6.07, 6.45) is 5.59. The third kappa shape index (κ3) is 2.56. The highest BCUT2D eigenvalue weighted by Gasteiger charge is 2.32. The number of rotatable bonds is 4. The molecule has 2 rings (SSSR count). The van der Waals surface area contributed by atoms with Crippen LogP contribution in [0.15, 0.2) is 24.5 Å². The Labute approximate surface area is 97.6 Å². The SMILES string of the molecule is O=C(c1cccnc1)N(CCBr)C1CC1. The second kappa shape index (κ2) is 4.75. The molecule has 1 fully saturated rings. The fraction of sp³-hybridized carbons (Fsp3) is 0.455. The highest BCUT2D eigenvalue weighted by molar-refractivity contribution is 9.09. The monoisotopic (exact) mass is 268 g/mol. The van der Waals surface area contributed by atoms with E-state index in [1.54, 1.807) is 18.5 Å². The zero-order valence-electron chi connectivity index (χ0n) is 8.40. The van der Waals surface area contributed by atoms with Gasteiger partial charge in [-0.05, 0) is 25.0 Å². The van der Waals surface area contributed by atoms with Crippen molar-refractivity contribution in [2.45, 2.75) is 18.9 Å². The lowest BCUT2D eigenvalue weighted by atomic mass is 10.2. The van der Waals surface area contributed by atoms with E-state index in [1.165, 1.54) is 0 Å². The number of hydrogen-bond acceptors (Lipinski definition) is 2. The van der Waals surface area contributed by atoms with Crippen LogP contribution in [0.4, 0.5) is 0 Å². The number of amides is 1. The topological polar surface area (TPSA) is 33.2 Å². The van der Waals surface area contributed by atoms with Gasteiger partial charge in [0, 0.05) is 30.3 Å². The van der Waals surface area contributed by atoms with Gasteiger partial charge in [-0.3, -0.25) is 9.78 Å². The van der Waals surface area contributed by atoms with E-state index in [4.69, 9.17) is 0 Å². The van der Waals surface area contributed by atoms with Gasteiger partial charge in [-0.1, -0.05) is 15.9 Å². The summed E-state index contributed by atoms with van der Waals surface area (Å²) >= 11 is 3.38. The van der Waals surface area contributed by atoms with Gasteiger partial charge in [-0.2, -0.15) is 0 Å². The van der Waals surface area contributed by atoms with Crippen molar-refractivity contribution in [2.75, 3.05) is 11.9 Å². The molecule has 15 heavy (non-hydrogen) atoms. The Bertz CT molecular complexity index is 338. The highest BCUT2D eigenvalue weighted by Crippen LogP contribution is 2.28. The molecule has 0 saturated heterocycles. The summed E-state index contributed by atoms with van der Waals surface area (Å²) in [6.45, 7) is 0.776. The van der Waals surface area contributed by atoms with Gasteiger partial charge in [-0.25, -0.2) is 0 Å². The van der Waals surface area contributed by atoms with Gasteiger partial charge in [0.25, 0.3) is 5.91 Å². The first kappa shape index (κ1) is 10.6. The van der Waals surface area contributed by atoms with Crippen LogP contribution in [0.5, 0.6) is 0 Å². The van der Waals surface area contributed by atoms with E-state index in [0.29, 0.717) is 11.6 Å². The molecule has 1 aliphatic rings.